The second-order valence-corrected chi connectivity index (χ2v) is 4.90. The molecule has 2 aromatic rings. The summed E-state index contributed by atoms with van der Waals surface area (Å²) >= 11 is 3.40. The van der Waals surface area contributed by atoms with E-state index in [1.54, 1.807) is 0 Å². The molecule has 0 unspecified atom stereocenters. The lowest BCUT2D eigenvalue weighted by Crippen LogP contribution is -2.09. The Kier molecular flexibility index (Phi) is 2.85. The normalized spacial score (nSPS) is 13.9. The number of nitrogens with zero attached hydrogens (tertiary/aromatic N) is 1. The van der Waals surface area contributed by atoms with E-state index in [1.807, 2.05) is 18.2 Å². The van der Waals surface area contributed by atoms with Gasteiger partial charge in [-0.3, -0.25) is 0 Å². The third-order valence-corrected chi connectivity index (χ3v) is 3.37. The number of hydrogen-bond acceptors (Lipinski definition) is 2. The number of rotatable bonds is 1. The predicted octanol–water partition coefficient (Wildman–Crippen LogP) is 3.84. The van der Waals surface area contributed by atoms with Crippen molar-refractivity contribution in [2.24, 2.45) is 0 Å². The number of para-hydroxylation sites is 1. The average Bonchev–Trinajstić information content (AvgIpc) is 2.38. The Bertz CT molecular complexity index is 554. The van der Waals surface area contributed by atoms with Gasteiger partial charge in [0.25, 0.3) is 0 Å². The SMILES string of the molecule is Brc1cccc(-c2cccc3c2OCCC3)n1. The van der Waals surface area contributed by atoms with Gasteiger partial charge >= 0.3 is 0 Å². The van der Waals surface area contributed by atoms with E-state index in [1.165, 1.54) is 5.56 Å². The summed E-state index contributed by atoms with van der Waals surface area (Å²) in [7, 11) is 0. The zero-order valence-corrected chi connectivity index (χ0v) is 10.9. The highest BCUT2D eigenvalue weighted by molar-refractivity contribution is 9.10. The van der Waals surface area contributed by atoms with Crippen LogP contribution in [-0.2, 0) is 6.42 Å². The lowest BCUT2D eigenvalue weighted by Gasteiger charge is -2.20. The molecule has 0 atom stereocenters. The Balaban J connectivity index is 2.14. The van der Waals surface area contributed by atoms with Crippen LogP contribution in [0.4, 0.5) is 0 Å². The Labute approximate surface area is 109 Å². The number of fused-ring (bicyclic) bond motifs is 1. The topological polar surface area (TPSA) is 22.1 Å². The van der Waals surface area contributed by atoms with E-state index in [0.29, 0.717) is 0 Å². The van der Waals surface area contributed by atoms with Crippen LogP contribution in [0.1, 0.15) is 12.0 Å². The second kappa shape index (κ2) is 4.49. The van der Waals surface area contributed by atoms with Crippen molar-refractivity contribution >= 4 is 15.9 Å². The molecule has 0 spiro atoms. The maximum absolute atomic E-state index is 5.79. The van der Waals surface area contributed by atoms with Gasteiger partial charge in [0.15, 0.2) is 0 Å². The Morgan fingerprint density at radius 3 is 2.88 bits per heavy atom. The molecule has 0 bridgehead atoms. The van der Waals surface area contributed by atoms with Crippen LogP contribution in [0, 0.1) is 0 Å². The number of hydrogen-bond donors (Lipinski definition) is 0. The highest BCUT2D eigenvalue weighted by atomic mass is 79.9. The first-order valence-corrected chi connectivity index (χ1v) is 6.51. The number of pyridine rings is 1. The average molecular weight is 290 g/mol. The van der Waals surface area contributed by atoms with Crippen LogP contribution in [0.2, 0.25) is 0 Å². The summed E-state index contributed by atoms with van der Waals surface area (Å²) in [6.07, 6.45) is 2.19. The van der Waals surface area contributed by atoms with Crippen molar-refractivity contribution in [3.8, 4) is 17.0 Å². The minimum Gasteiger partial charge on any atom is -0.493 e. The van der Waals surface area contributed by atoms with Crippen LogP contribution in [0.5, 0.6) is 5.75 Å². The maximum Gasteiger partial charge on any atom is 0.131 e. The molecule has 1 aliphatic rings. The standard InChI is InChI=1S/C14H12BrNO/c15-13-8-2-7-12(16-13)11-6-1-4-10-5-3-9-17-14(10)11/h1-2,4,6-8H,3,5,9H2. The van der Waals surface area contributed by atoms with Gasteiger partial charge in [-0.1, -0.05) is 18.2 Å². The van der Waals surface area contributed by atoms with Gasteiger partial charge < -0.3 is 4.74 Å². The summed E-state index contributed by atoms with van der Waals surface area (Å²) < 4.78 is 6.64. The molecule has 1 aromatic carbocycles. The van der Waals surface area contributed by atoms with Crippen LogP contribution in [0.3, 0.4) is 0 Å². The van der Waals surface area contributed by atoms with Gasteiger partial charge in [-0.25, -0.2) is 4.98 Å². The van der Waals surface area contributed by atoms with E-state index in [-0.39, 0.29) is 0 Å². The van der Waals surface area contributed by atoms with Crippen LogP contribution in [0.15, 0.2) is 41.0 Å². The molecule has 3 rings (SSSR count). The first-order valence-electron chi connectivity index (χ1n) is 5.72. The first-order chi connectivity index (χ1) is 8.34. The van der Waals surface area contributed by atoms with Crippen molar-refractivity contribution in [3.05, 3.63) is 46.6 Å². The Morgan fingerprint density at radius 1 is 1.12 bits per heavy atom. The van der Waals surface area contributed by atoms with Crippen molar-refractivity contribution in [2.75, 3.05) is 6.61 Å². The molecular weight excluding hydrogens is 278 g/mol. The molecule has 1 aromatic heterocycles. The molecule has 2 heterocycles. The maximum atomic E-state index is 5.79. The summed E-state index contributed by atoms with van der Waals surface area (Å²) in [5, 5.41) is 0. The number of halogens is 1. The third kappa shape index (κ3) is 2.07. The molecule has 1 aliphatic heterocycles. The fraction of sp³-hybridized carbons (Fsp3) is 0.214. The summed E-state index contributed by atoms with van der Waals surface area (Å²) in [6.45, 7) is 0.804. The molecule has 86 valence electrons. The predicted molar refractivity (Wildman–Crippen MR) is 71.2 cm³/mol. The fourth-order valence-electron chi connectivity index (χ4n) is 2.15. The van der Waals surface area contributed by atoms with E-state index < -0.39 is 0 Å². The molecule has 0 aliphatic carbocycles. The second-order valence-electron chi connectivity index (χ2n) is 4.09. The highest BCUT2D eigenvalue weighted by Gasteiger charge is 2.15. The van der Waals surface area contributed by atoms with Crippen LogP contribution < -0.4 is 4.74 Å². The quantitative estimate of drug-likeness (QED) is 0.744. The Morgan fingerprint density at radius 2 is 2.00 bits per heavy atom. The summed E-state index contributed by atoms with van der Waals surface area (Å²) in [5.74, 6) is 1.00. The third-order valence-electron chi connectivity index (χ3n) is 2.92. The molecule has 3 heteroatoms. The van der Waals surface area contributed by atoms with Crippen molar-refractivity contribution in [2.45, 2.75) is 12.8 Å². The van der Waals surface area contributed by atoms with E-state index in [0.717, 1.165) is 41.1 Å². The molecule has 0 fully saturated rings. The van der Waals surface area contributed by atoms with Gasteiger partial charge in [-0.2, -0.15) is 0 Å². The van der Waals surface area contributed by atoms with Gasteiger partial charge in [0.2, 0.25) is 0 Å². The molecular formula is C14H12BrNO. The fourth-order valence-corrected chi connectivity index (χ4v) is 2.49. The van der Waals surface area contributed by atoms with Crippen LogP contribution in [-0.4, -0.2) is 11.6 Å². The monoisotopic (exact) mass is 289 g/mol. The minimum absolute atomic E-state index is 0.804. The number of ether oxygens (including phenoxy) is 1. The molecule has 0 N–H and O–H groups in total. The summed E-state index contributed by atoms with van der Waals surface area (Å²) in [6, 6.07) is 12.2. The smallest absolute Gasteiger partial charge is 0.131 e. The first kappa shape index (κ1) is 10.8. The largest absolute Gasteiger partial charge is 0.493 e. The van der Waals surface area contributed by atoms with Gasteiger partial charge in [0.05, 0.1) is 12.3 Å². The molecule has 0 radical (unpaired) electrons. The van der Waals surface area contributed by atoms with E-state index >= 15 is 0 Å². The summed E-state index contributed by atoms with van der Waals surface area (Å²) in [4.78, 5) is 4.49. The molecule has 0 amide bonds. The molecule has 2 nitrogen and oxygen atoms in total. The molecule has 0 saturated heterocycles. The summed E-state index contributed by atoms with van der Waals surface area (Å²) in [5.41, 5.74) is 3.33. The van der Waals surface area contributed by atoms with Crippen molar-refractivity contribution in [1.82, 2.24) is 4.98 Å². The lowest BCUT2D eigenvalue weighted by atomic mass is 10.0. The minimum atomic E-state index is 0.804. The van der Waals surface area contributed by atoms with E-state index in [4.69, 9.17) is 4.74 Å². The van der Waals surface area contributed by atoms with Gasteiger partial charge in [0, 0.05) is 5.56 Å². The molecule has 17 heavy (non-hydrogen) atoms. The van der Waals surface area contributed by atoms with Crippen molar-refractivity contribution < 1.29 is 4.74 Å². The number of aromatic nitrogens is 1. The van der Waals surface area contributed by atoms with Gasteiger partial charge in [-0.15, -0.1) is 0 Å². The highest BCUT2D eigenvalue weighted by Crippen LogP contribution is 2.35. The Hall–Kier alpha value is -1.35. The van der Waals surface area contributed by atoms with Gasteiger partial charge in [-0.05, 0) is 52.5 Å². The zero-order chi connectivity index (χ0) is 11.7. The van der Waals surface area contributed by atoms with Crippen molar-refractivity contribution in [3.63, 3.8) is 0 Å². The van der Waals surface area contributed by atoms with Gasteiger partial charge in [0.1, 0.15) is 10.4 Å². The number of aryl methyl sites for hydroxylation is 1. The van der Waals surface area contributed by atoms with Crippen LogP contribution >= 0.6 is 15.9 Å². The van der Waals surface area contributed by atoms with Crippen LogP contribution in [0.25, 0.3) is 11.3 Å². The van der Waals surface area contributed by atoms with E-state index in [9.17, 15) is 0 Å². The zero-order valence-electron chi connectivity index (χ0n) is 9.32. The lowest BCUT2D eigenvalue weighted by molar-refractivity contribution is 0.289. The number of benzene rings is 1. The van der Waals surface area contributed by atoms with Crippen molar-refractivity contribution in [1.29, 1.82) is 0 Å². The van der Waals surface area contributed by atoms with E-state index in [2.05, 4.69) is 39.1 Å². The molecule has 0 saturated carbocycles.